The molecule has 0 fully saturated rings. The monoisotopic (exact) mass is 417 g/mol. The van der Waals surface area contributed by atoms with Gasteiger partial charge in [0.05, 0.1) is 32.1 Å². The number of rotatable bonds is 7. The summed E-state index contributed by atoms with van der Waals surface area (Å²) < 4.78 is 15.8. The van der Waals surface area contributed by atoms with E-state index in [-0.39, 0.29) is 12.5 Å². The molecule has 3 aromatic rings. The number of hydrogen-bond acceptors (Lipinski definition) is 7. The molecule has 0 aliphatic heterocycles. The molecule has 8 heteroatoms. The van der Waals surface area contributed by atoms with Crippen molar-refractivity contribution in [1.82, 2.24) is 0 Å². The van der Waals surface area contributed by atoms with Gasteiger partial charge in [-0.1, -0.05) is 0 Å². The number of carbonyl (C=O) groups excluding carboxylic acids is 2. The van der Waals surface area contributed by atoms with E-state index >= 15 is 0 Å². The molecule has 0 aliphatic rings. The van der Waals surface area contributed by atoms with Gasteiger partial charge in [-0.2, -0.15) is 11.3 Å². The maximum Gasteiger partial charge on any atom is 0.350 e. The highest BCUT2D eigenvalue weighted by Gasteiger charge is 2.21. The molecule has 0 bridgehead atoms. The average Bonchev–Trinajstić information content (AvgIpc) is 3.38. The second kappa shape index (κ2) is 8.90. The molecule has 1 amide bonds. The van der Waals surface area contributed by atoms with Gasteiger partial charge in [-0.05, 0) is 48.2 Å². The number of methoxy groups -OCH3 is 2. The highest BCUT2D eigenvalue weighted by Crippen LogP contribution is 2.39. The van der Waals surface area contributed by atoms with E-state index in [1.165, 1.54) is 22.7 Å². The minimum Gasteiger partial charge on any atom is -0.493 e. The third-order valence-electron chi connectivity index (χ3n) is 3.89. The Morgan fingerprint density at radius 2 is 1.86 bits per heavy atom. The third-order valence-corrected chi connectivity index (χ3v) is 5.74. The Morgan fingerprint density at radius 3 is 2.50 bits per heavy atom. The number of esters is 1. The lowest BCUT2D eigenvalue weighted by Gasteiger charge is -2.08. The third kappa shape index (κ3) is 4.18. The second-order valence-electron chi connectivity index (χ2n) is 5.61. The summed E-state index contributed by atoms with van der Waals surface area (Å²) in [5.41, 5.74) is 1.80. The number of hydrogen-bond donors (Lipinski definition) is 1. The molecule has 0 saturated heterocycles. The summed E-state index contributed by atoms with van der Waals surface area (Å²) in [4.78, 5) is 26.0. The lowest BCUT2D eigenvalue weighted by atomic mass is 10.1. The van der Waals surface area contributed by atoms with Crippen LogP contribution in [-0.4, -0.2) is 32.7 Å². The first-order valence-corrected chi connectivity index (χ1v) is 10.2. The smallest absolute Gasteiger partial charge is 0.350 e. The second-order valence-corrected chi connectivity index (χ2v) is 7.44. The standard InChI is InChI=1S/C20H19NO5S2/c1-4-26-20(23)18-14(21-19(22)13-7-8-27-11-13)10-17(28-18)12-5-6-15(24-2)16(9-12)25-3/h5-11H,4H2,1-3H3,(H,21,22). The molecule has 1 aromatic carbocycles. The van der Waals surface area contributed by atoms with Gasteiger partial charge < -0.3 is 19.5 Å². The van der Waals surface area contributed by atoms with Gasteiger partial charge in [-0.3, -0.25) is 4.79 Å². The molecule has 2 heterocycles. The van der Waals surface area contributed by atoms with Crippen LogP contribution in [0.1, 0.15) is 27.0 Å². The van der Waals surface area contributed by atoms with Crippen LogP contribution < -0.4 is 14.8 Å². The molecule has 1 N–H and O–H groups in total. The molecule has 28 heavy (non-hydrogen) atoms. The van der Waals surface area contributed by atoms with E-state index in [0.29, 0.717) is 27.6 Å². The molecule has 0 saturated carbocycles. The fraction of sp³-hybridized carbons (Fsp3) is 0.200. The van der Waals surface area contributed by atoms with Crippen LogP contribution in [0.3, 0.4) is 0 Å². The zero-order valence-corrected chi connectivity index (χ0v) is 17.2. The van der Waals surface area contributed by atoms with Gasteiger partial charge in [0, 0.05) is 10.3 Å². The highest BCUT2D eigenvalue weighted by atomic mass is 32.1. The van der Waals surface area contributed by atoms with Gasteiger partial charge in [-0.25, -0.2) is 4.79 Å². The Morgan fingerprint density at radius 1 is 1.07 bits per heavy atom. The van der Waals surface area contributed by atoms with Gasteiger partial charge in [0.25, 0.3) is 5.91 Å². The predicted octanol–water partition coefficient (Wildman–Crippen LogP) is 4.92. The van der Waals surface area contributed by atoms with Crippen molar-refractivity contribution < 1.29 is 23.8 Å². The van der Waals surface area contributed by atoms with Crippen molar-refractivity contribution in [2.45, 2.75) is 6.92 Å². The molecule has 0 atom stereocenters. The summed E-state index contributed by atoms with van der Waals surface area (Å²) in [5.74, 6) is 0.442. The highest BCUT2D eigenvalue weighted by molar-refractivity contribution is 7.18. The van der Waals surface area contributed by atoms with Crippen LogP contribution in [0.2, 0.25) is 0 Å². The Labute approximate surface area is 170 Å². The van der Waals surface area contributed by atoms with Crippen LogP contribution in [-0.2, 0) is 4.74 Å². The van der Waals surface area contributed by atoms with Crippen LogP contribution in [0.25, 0.3) is 10.4 Å². The zero-order chi connectivity index (χ0) is 20.1. The largest absolute Gasteiger partial charge is 0.493 e. The molecule has 2 aromatic heterocycles. The van der Waals surface area contributed by atoms with E-state index in [2.05, 4.69) is 5.32 Å². The predicted molar refractivity (Wildman–Crippen MR) is 111 cm³/mol. The van der Waals surface area contributed by atoms with Crippen molar-refractivity contribution in [1.29, 1.82) is 0 Å². The first-order chi connectivity index (χ1) is 13.6. The topological polar surface area (TPSA) is 73.9 Å². The first-order valence-electron chi connectivity index (χ1n) is 8.44. The molecule has 0 spiro atoms. The van der Waals surface area contributed by atoms with E-state index in [1.54, 1.807) is 44.7 Å². The van der Waals surface area contributed by atoms with Crippen LogP contribution in [0, 0.1) is 0 Å². The van der Waals surface area contributed by atoms with Gasteiger partial charge >= 0.3 is 5.97 Å². The van der Waals surface area contributed by atoms with E-state index in [0.717, 1.165) is 10.4 Å². The molecule has 3 rings (SSSR count). The van der Waals surface area contributed by atoms with Gasteiger partial charge in [0.1, 0.15) is 4.88 Å². The fourth-order valence-corrected chi connectivity index (χ4v) is 4.19. The summed E-state index contributed by atoms with van der Waals surface area (Å²) in [5, 5.41) is 6.39. The summed E-state index contributed by atoms with van der Waals surface area (Å²) in [6, 6.07) is 8.98. The van der Waals surface area contributed by atoms with E-state index in [4.69, 9.17) is 14.2 Å². The first kappa shape index (κ1) is 19.9. The van der Waals surface area contributed by atoms with Crippen molar-refractivity contribution >= 4 is 40.2 Å². The van der Waals surface area contributed by atoms with Crippen molar-refractivity contribution in [2.75, 3.05) is 26.1 Å². The van der Waals surface area contributed by atoms with Gasteiger partial charge in [0.15, 0.2) is 11.5 Å². The lowest BCUT2D eigenvalue weighted by molar-refractivity contribution is 0.0533. The molecule has 146 valence electrons. The minimum atomic E-state index is -0.472. The minimum absolute atomic E-state index is 0.250. The van der Waals surface area contributed by atoms with E-state index in [1.807, 2.05) is 17.5 Å². The Kier molecular flexibility index (Phi) is 6.33. The number of carbonyl (C=O) groups is 2. The molecule has 0 radical (unpaired) electrons. The van der Waals surface area contributed by atoms with Crippen LogP contribution >= 0.6 is 22.7 Å². The van der Waals surface area contributed by atoms with Gasteiger partial charge in [0.2, 0.25) is 0 Å². The summed E-state index contributed by atoms with van der Waals surface area (Å²) >= 11 is 2.68. The summed E-state index contributed by atoms with van der Waals surface area (Å²) in [6.07, 6.45) is 0. The number of amides is 1. The quantitative estimate of drug-likeness (QED) is 0.552. The SMILES string of the molecule is CCOC(=O)c1sc(-c2ccc(OC)c(OC)c2)cc1NC(=O)c1ccsc1. The Bertz CT molecular complexity index is 979. The maximum absolute atomic E-state index is 12.4. The van der Waals surface area contributed by atoms with Crippen molar-refractivity contribution in [3.05, 3.63) is 51.5 Å². The van der Waals surface area contributed by atoms with E-state index in [9.17, 15) is 9.59 Å². The van der Waals surface area contributed by atoms with Crippen LogP contribution in [0.5, 0.6) is 11.5 Å². The van der Waals surface area contributed by atoms with Crippen molar-refractivity contribution in [3.63, 3.8) is 0 Å². The molecule has 6 nitrogen and oxygen atoms in total. The van der Waals surface area contributed by atoms with Crippen LogP contribution in [0.15, 0.2) is 41.1 Å². The number of ether oxygens (including phenoxy) is 3. The van der Waals surface area contributed by atoms with Crippen molar-refractivity contribution in [3.8, 4) is 21.9 Å². The number of nitrogens with one attached hydrogen (secondary N) is 1. The Balaban J connectivity index is 1.99. The fourth-order valence-electron chi connectivity index (χ4n) is 2.55. The summed E-state index contributed by atoms with van der Waals surface area (Å²) in [6.45, 7) is 1.99. The number of thiophene rings is 2. The molecule has 0 unspecified atom stereocenters. The maximum atomic E-state index is 12.4. The van der Waals surface area contributed by atoms with E-state index < -0.39 is 5.97 Å². The number of anilines is 1. The Hall–Kier alpha value is -2.84. The van der Waals surface area contributed by atoms with Gasteiger partial charge in [-0.15, -0.1) is 11.3 Å². The average molecular weight is 418 g/mol. The normalized spacial score (nSPS) is 10.4. The molecular weight excluding hydrogens is 398 g/mol. The van der Waals surface area contributed by atoms with Crippen LogP contribution in [0.4, 0.5) is 5.69 Å². The lowest BCUT2D eigenvalue weighted by Crippen LogP contribution is -2.13. The molecular formula is C20H19NO5S2. The number of benzene rings is 1. The zero-order valence-electron chi connectivity index (χ0n) is 15.6. The van der Waals surface area contributed by atoms with Crippen molar-refractivity contribution in [2.24, 2.45) is 0 Å². The molecule has 0 aliphatic carbocycles. The summed E-state index contributed by atoms with van der Waals surface area (Å²) in [7, 11) is 3.13.